The Labute approximate surface area is 161 Å². The Balaban J connectivity index is 1.66. The van der Waals surface area contributed by atoms with E-state index in [1.165, 1.54) is 12.1 Å². The van der Waals surface area contributed by atoms with E-state index in [-0.39, 0.29) is 11.7 Å². The molecule has 0 saturated carbocycles. The van der Waals surface area contributed by atoms with E-state index in [9.17, 15) is 9.18 Å². The fourth-order valence-corrected chi connectivity index (χ4v) is 2.68. The van der Waals surface area contributed by atoms with E-state index in [0.717, 1.165) is 11.3 Å². The van der Waals surface area contributed by atoms with Gasteiger partial charge in [0.15, 0.2) is 0 Å². The van der Waals surface area contributed by atoms with Gasteiger partial charge in [0.1, 0.15) is 17.4 Å². The quantitative estimate of drug-likeness (QED) is 0.653. The number of nitrogens with one attached hydrogen (secondary N) is 2. The lowest BCUT2D eigenvalue weighted by Crippen LogP contribution is -2.22. The van der Waals surface area contributed by atoms with Crippen molar-refractivity contribution in [2.24, 2.45) is 0 Å². The number of nitrogens with zero attached hydrogens (tertiary/aromatic N) is 1. The molecule has 0 fully saturated rings. The first-order valence-electron chi connectivity index (χ1n) is 8.14. The highest BCUT2D eigenvalue weighted by Crippen LogP contribution is 2.28. The third kappa shape index (κ3) is 4.95. The lowest BCUT2D eigenvalue weighted by atomic mass is 10.2. The number of carbonyl (C=O) groups excluding carboxylic acids is 1. The largest absolute Gasteiger partial charge is 0.495 e. The van der Waals surface area contributed by atoms with E-state index >= 15 is 0 Å². The summed E-state index contributed by atoms with van der Waals surface area (Å²) >= 11 is 6.11. The average molecular weight is 386 g/mol. The number of pyridine rings is 1. The van der Waals surface area contributed by atoms with Crippen molar-refractivity contribution in [1.29, 1.82) is 0 Å². The highest BCUT2D eigenvalue weighted by molar-refractivity contribution is 6.32. The van der Waals surface area contributed by atoms with Crippen LogP contribution in [0.2, 0.25) is 5.02 Å². The molecule has 0 spiro atoms. The maximum absolute atomic E-state index is 12.9. The van der Waals surface area contributed by atoms with Gasteiger partial charge in [0.2, 0.25) is 0 Å². The monoisotopic (exact) mass is 385 g/mol. The molecule has 2 aromatic carbocycles. The summed E-state index contributed by atoms with van der Waals surface area (Å²) in [6, 6.07) is 14.5. The minimum absolute atomic E-state index is 0.252. The zero-order valence-electron chi connectivity index (χ0n) is 14.5. The number of benzene rings is 2. The molecule has 27 heavy (non-hydrogen) atoms. The molecule has 0 saturated heterocycles. The van der Waals surface area contributed by atoms with Crippen LogP contribution in [0.25, 0.3) is 0 Å². The molecule has 0 aliphatic rings. The maximum atomic E-state index is 12.9. The minimum Gasteiger partial charge on any atom is -0.495 e. The first kappa shape index (κ1) is 18.7. The van der Waals surface area contributed by atoms with Crippen molar-refractivity contribution >= 4 is 29.0 Å². The fourth-order valence-electron chi connectivity index (χ4n) is 2.42. The molecule has 7 heteroatoms. The summed E-state index contributed by atoms with van der Waals surface area (Å²) in [7, 11) is 1.55. The first-order chi connectivity index (χ1) is 13.0. The minimum atomic E-state index is -0.312. The molecule has 0 radical (unpaired) electrons. The standard InChI is InChI=1S/C20H17ClFN3O2/c1-27-18-7-6-16(11-17(18)21)25-19-10-14(8-9-23-19)20(26)24-12-13-2-4-15(22)5-3-13/h2-11H,12H2,1H3,(H,23,25)(H,24,26). The van der Waals surface area contributed by atoms with E-state index in [0.29, 0.717) is 28.7 Å². The van der Waals surface area contributed by atoms with Crippen molar-refractivity contribution in [3.63, 3.8) is 0 Å². The van der Waals surface area contributed by atoms with Gasteiger partial charge in [-0.1, -0.05) is 23.7 Å². The van der Waals surface area contributed by atoms with E-state index in [2.05, 4.69) is 15.6 Å². The molecule has 138 valence electrons. The Morgan fingerprint density at radius 3 is 2.63 bits per heavy atom. The van der Waals surface area contributed by atoms with E-state index in [4.69, 9.17) is 16.3 Å². The first-order valence-corrected chi connectivity index (χ1v) is 8.52. The molecule has 0 aliphatic heterocycles. The van der Waals surface area contributed by atoms with E-state index in [1.54, 1.807) is 55.8 Å². The normalized spacial score (nSPS) is 10.3. The van der Waals surface area contributed by atoms with E-state index < -0.39 is 0 Å². The molecule has 1 amide bonds. The van der Waals surface area contributed by atoms with Crippen LogP contribution < -0.4 is 15.4 Å². The van der Waals surface area contributed by atoms with Crippen molar-refractivity contribution in [2.75, 3.05) is 12.4 Å². The maximum Gasteiger partial charge on any atom is 0.251 e. The topological polar surface area (TPSA) is 63.2 Å². The van der Waals surface area contributed by atoms with Gasteiger partial charge in [-0.3, -0.25) is 4.79 Å². The lowest BCUT2D eigenvalue weighted by molar-refractivity contribution is 0.0951. The van der Waals surface area contributed by atoms with Crippen molar-refractivity contribution in [1.82, 2.24) is 10.3 Å². The number of methoxy groups -OCH3 is 1. The van der Waals surface area contributed by atoms with Gasteiger partial charge in [-0.05, 0) is 48.0 Å². The number of aromatic nitrogens is 1. The predicted octanol–water partition coefficient (Wildman–Crippen LogP) is 4.56. The summed E-state index contributed by atoms with van der Waals surface area (Å²) in [6.07, 6.45) is 1.54. The van der Waals surface area contributed by atoms with Crippen molar-refractivity contribution in [2.45, 2.75) is 6.54 Å². The Hall–Kier alpha value is -3.12. The Bertz CT molecular complexity index is 948. The number of halogens is 2. The van der Waals surface area contributed by atoms with Crippen LogP contribution >= 0.6 is 11.6 Å². The molecule has 2 N–H and O–H groups in total. The summed E-state index contributed by atoms with van der Waals surface area (Å²) in [4.78, 5) is 16.6. The predicted molar refractivity (Wildman–Crippen MR) is 103 cm³/mol. The van der Waals surface area contributed by atoms with Crippen LogP contribution in [0.1, 0.15) is 15.9 Å². The van der Waals surface area contributed by atoms with Gasteiger partial charge in [-0.2, -0.15) is 0 Å². The number of hydrogen-bond donors (Lipinski definition) is 2. The molecular formula is C20H17ClFN3O2. The van der Waals surface area contributed by atoms with Gasteiger partial charge >= 0.3 is 0 Å². The third-order valence-electron chi connectivity index (χ3n) is 3.81. The number of anilines is 2. The number of ether oxygens (including phenoxy) is 1. The highest BCUT2D eigenvalue weighted by atomic mass is 35.5. The number of hydrogen-bond acceptors (Lipinski definition) is 4. The van der Waals surface area contributed by atoms with Gasteiger partial charge < -0.3 is 15.4 Å². The summed E-state index contributed by atoms with van der Waals surface area (Å²) in [5.74, 6) is 0.515. The average Bonchev–Trinajstić information content (AvgIpc) is 2.68. The molecule has 3 rings (SSSR count). The molecular weight excluding hydrogens is 369 g/mol. The molecule has 1 aromatic heterocycles. The van der Waals surface area contributed by atoms with Crippen LogP contribution in [0.5, 0.6) is 5.75 Å². The highest BCUT2D eigenvalue weighted by Gasteiger charge is 2.08. The smallest absolute Gasteiger partial charge is 0.251 e. The summed E-state index contributed by atoms with van der Waals surface area (Å²) in [6.45, 7) is 0.304. The molecule has 0 atom stereocenters. The van der Waals surface area contributed by atoms with E-state index in [1.807, 2.05) is 0 Å². The lowest BCUT2D eigenvalue weighted by Gasteiger charge is -2.10. The number of amides is 1. The number of rotatable bonds is 6. The zero-order chi connectivity index (χ0) is 19.2. The summed E-state index contributed by atoms with van der Waals surface area (Å²) in [5.41, 5.74) is 1.98. The molecule has 5 nitrogen and oxygen atoms in total. The van der Waals surface area contributed by atoms with Crippen LogP contribution in [-0.4, -0.2) is 18.0 Å². The Morgan fingerprint density at radius 1 is 1.15 bits per heavy atom. The molecule has 0 bridgehead atoms. The van der Waals surface area contributed by atoms with Crippen LogP contribution in [0.3, 0.4) is 0 Å². The van der Waals surface area contributed by atoms with Gasteiger partial charge in [0, 0.05) is 24.0 Å². The molecule has 1 heterocycles. The van der Waals surface area contributed by atoms with Crippen molar-refractivity contribution in [3.8, 4) is 5.75 Å². The third-order valence-corrected chi connectivity index (χ3v) is 4.11. The summed E-state index contributed by atoms with van der Waals surface area (Å²) < 4.78 is 18.0. The van der Waals surface area contributed by atoms with Crippen LogP contribution in [0, 0.1) is 5.82 Å². The summed E-state index contributed by atoms with van der Waals surface area (Å²) in [5, 5.41) is 6.36. The van der Waals surface area contributed by atoms with Gasteiger partial charge in [-0.25, -0.2) is 9.37 Å². The van der Waals surface area contributed by atoms with Crippen molar-refractivity contribution in [3.05, 3.63) is 82.8 Å². The molecule has 3 aromatic rings. The van der Waals surface area contributed by atoms with Crippen LogP contribution in [0.15, 0.2) is 60.8 Å². The van der Waals surface area contributed by atoms with Gasteiger partial charge in [-0.15, -0.1) is 0 Å². The molecule has 0 aliphatic carbocycles. The number of carbonyl (C=O) groups is 1. The fraction of sp³-hybridized carbons (Fsp3) is 0.100. The Morgan fingerprint density at radius 2 is 1.93 bits per heavy atom. The molecule has 0 unspecified atom stereocenters. The van der Waals surface area contributed by atoms with Gasteiger partial charge in [0.05, 0.1) is 12.1 Å². The Kier molecular flexibility index (Phi) is 5.88. The SMILES string of the molecule is COc1ccc(Nc2cc(C(=O)NCc3ccc(F)cc3)ccn2)cc1Cl. The van der Waals surface area contributed by atoms with Crippen LogP contribution in [0.4, 0.5) is 15.9 Å². The second-order valence-electron chi connectivity index (χ2n) is 5.71. The second kappa shape index (κ2) is 8.51. The second-order valence-corrected chi connectivity index (χ2v) is 6.12. The van der Waals surface area contributed by atoms with Gasteiger partial charge in [0.25, 0.3) is 5.91 Å². The van der Waals surface area contributed by atoms with Crippen LogP contribution in [-0.2, 0) is 6.54 Å². The van der Waals surface area contributed by atoms with Crippen molar-refractivity contribution < 1.29 is 13.9 Å². The zero-order valence-corrected chi connectivity index (χ0v) is 15.3.